The summed E-state index contributed by atoms with van der Waals surface area (Å²) in [4.78, 5) is 15.3. The number of rotatable bonds is 6. The fourth-order valence-corrected chi connectivity index (χ4v) is 4.90. The van der Waals surface area contributed by atoms with Gasteiger partial charge in [-0.05, 0) is 63.3 Å². The number of carbonyl (C=O) groups is 1. The van der Waals surface area contributed by atoms with Crippen LogP contribution >= 0.6 is 11.6 Å². The first-order valence-corrected chi connectivity index (χ1v) is 11.2. The number of nitrogens with one attached hydrogen (secondary N) is 1. The van der Waals surface area contributed by atoms with Crippen LogP contribution in [-0.2, 0) is 5.41 Å². The van der Waals surface area contributed by atoms with E-state index in [0.717, 1.165) is 37.5 Å². The second-order valence-electron chi connectivity index (χ2n) is 8.92. The van der Waals surface area contributed by atoms with Gasteiger partial charge in [0.05, 0.1) is 0 Å². The summed E-state index contributed by atoms with van der Waals surface area (Å²) in [5.74, 6) is -0.00808. The fraction of sp³-hybridized carbons (Fsp3) is 0.565. The van der Waals surface area contributed by atoms with Crippen molar-refractivity contribution in [3.63, 3.8) is 0 Å². The highest BCUT2D eigenvalue weighted by Crippen LogP contribution is 2.44. The number of hydrogen-bond donors (Lipinski definition) is 1. The van der Waals surface area contributed by atoms with Gasteiger partial charge < -0.3 is 10.2 Å². The van der Waals surface area contributed by atoms with Crippen molar-refractivity contribution in [2.45, 2.75) is 63.5 Å². The summed E-state index contributed by atoms with van der Waals surface area (Å²) in [6.45, 7) is 7.25. The molecule has 2 aromatic rings. The first-order chi connectivity index (χ1) is 14.0. The van der Waals surface area contributed by atoms with Crippen LogP contribution in [0.4, 0.5) is 0 Å². The summed E-state index contributed by atoms with van der Waals surface area (Å²) in [5, 5.41) is 8.30. The van der Waals surface area contributed by atoms with Crippen molar-refractivity contribution >= 4 is 17.5 Å². The summed E-state index contributed by atoms with van der Waals surface area (Å²) >= 11 is 6.09. The Balaban J connectivity index is 1.32. The number of hydrogen-bond acceptors (Lipinski definition) is 3. The molecule has 1 N–H and O–H groups in total. The zero-order valence-corrected chi connectivity index (χ0v) is 18.2. The Morgan fingerprint density at radius 3 is 2.48 bits per heavy atom. The molecule has 2 heterocycles. The topological polar surface area (TPSA) is 50.2 Å². The van der Waals surface area contributed by atoms with Crippen molar-refractivity contribution in [1.82, 2.24) is 20.0 Å². The molecule has 1 saturated heterocycles. The summed E-state index contributed by atoms with van der Waals surface area (Å²) in [7, 11) is 0. The molecule has 0 bridgehead atoms. The van der Waals surface area contributed by atoms with E-state index in [9.17, 15) is 4.79 Å². The Morgan fingerprint density at radius 1 is 1.21 bits per heavy atom. The van der Waals surface area contributed by atoms with E-state index in [1.54, 1.807) is 16.9 Å². The molecular weight excluding hydrogens is 384 g/mol. The Kier molecular flexibility index (Phi) is 5.98. The van der Waals surface area contributed by atoms with E-state index in [0.29, 0.717) is 5.69 Å². The third-order valence-corrected chi connectivity index (χ3v) is 6.86. The quantitative estimate of drug-likeness (QED) is 0.760. The standard InChI is InChI=1S/C23H31ClN4O/c1-17(2)28-21(8-13-25-28)22(29)26-20-9-14-27(15-10-20)16-23(11-3-12-23)18-4-6-19(24)7-5-18/h4-8,13,17,20H,3,9-12,14-16H2,1-2H3,(H,26,29). The average Bonchev–Trinajstić information content (AvgIpc) is 3.17. The van der Waals surface area contributed by atoms with Crippen LogP contribution in [0.3, 0.4) is 0 Å². The maximum Gasteiger partial charge on any atom is 0.269 e. The molecule has 0 unspecified atom stereocenters. The van der Waals surface area contributed by atoms with E-state index < -0.39 is 0 Å². The first kappa shape index (κ1) is 20.4. The van der Waals surface area contributed by atoms with Crippen molar-refractivity contribution in [2.75, 3.05) is 19.6 Å². The lowest BCUT2D eigenvalue weighted by atomic mass is 9.64. The smallest absolute Gasteiger partial charge is 0.269 e. The summed E-state index contributed by atoms with van der Waals surface area (Å²) in [5.41, 5.74) is 2.36. The first-order valence-electron chi connectivity index (χ1n) is 10.8. The molecule has 1 aliphatic carbocycles. The fourth-order valence-electron chi connectivity index (χ4n) is 4.77. The Labute approximate surface area is 178 Å². The molecule has 0 atom stereocenters. The van der Waals surface area contributed by atoms with Gasteiger partial charge in [-0.3, -0.25) is 9.48 Å². The van der Waals surface area contributed by atoms with E-state index >= 15 is 0 Å². The number of piperidine rings is 1. The van der Waals surface area contributed by atoms with E-state index in [1.165, 1.54) is 24.8 Å². The Hall–Kier alpha value is -1.85. The van der Waals surface area contributed by atoms with Gasteiger partial charge in [0.25, 0.3) is 5.91 Å². The zero-order valence-electron chi connectivity index (χ0n) is 17.4. The van der Waals surface area contributed by atoms with E-state index in [2.05, 4.69) is 27.4 Å². The van der Waals surface area contributed by atoms with Crippen LogP contribution in [0.15, 0.2) is 36.5 Å². The number of benzene rings is 1. The lowest BCUT2D eigenvalue weighted by Crippen LogP contribution is -2.51. The molecule has 1 aliphatic heterocycles. The molecular formula is C23H31ClN4O. The average molecular weight is 415 g/mol. The maximum atomic E-state index is 12.7. The Bertz CT molecular complexity index is 833. The molecule has 0 radical (unpaired) electrons. The molecule has 156 valence electrons. The second-order valence-corrected chi connectivity index (χ2v) is 9.36. The second kappa shape index (κ2) is 8.49. The molecule has 29 heavy (non-hydrogen) atoms. The molecule has 2 aliphatic rings. The van der Waals surface area contributed by atoms with Crippen LogP contribution in [0.2, 0.25) is 5.02 Å². The van der Waals surface area contributed by atoms with Crippen LogP contribution in [0.25, 0.3) is 0 Å². The lowest BCUT2D eigenvalue weighted by molar-refractivity contribution is 0.0859. The largest absolute Gasteiger partial charge is 0.348 e. The van der Waals surface area contributed by atoms with Crippen molar-refractivity contribution in [1.29, 1.82) is 0 Å². The van der Waals surface area contributed by atoms with Crippen molar-refractivity contribution in [3.8, 4) is 0 Å². The molecule has 0 spiro atoms. The number of halogens is 1. The van der Waals surface area contributed by atoms with Gasteiger partial charge >= 0.3 is 0 Å². The molecule has 1 saturated carbocycles. The molecule has 2 fully saturated rings. The van der Waals surface area contributed by atoms with Crippen molar-refractivity contribution in [2.24, 2.45) is 0 Å². The number of carbonyl (C=O) groups excluding carboxylic acids is 1. The van der Waals surface area contributed by atoms with Gasteiger partial charge in [0.1, 0.15) is 5.69 Å². The number of nitrogens with zero attached hydrogens (tertiary/aromatic N) is 3. The normalized spacial score (nSPS) is 19.9. The highest BCUT2D eigenvalue weighted by Gasteiger charge is 2.40. The maximum absolute atomic E-state index is 12.7. The van der Waals surface area contributed by atoms with Gasteiger partial charge in [-0.2, -0.15) is 5.10 Å². The highest BCUT2D eigenvalue weighted by molar-refractivity contribution is 6.30. The number of likely N-dealkylation sites (tertiary alicyclic amines) is 1. The van der Waals surface area contributed by atoms with Gasteiger partial charge in [-0.15, -0.1) is 0 Å². The minimum atomic E-state index is -0.00808. The van der Waals surface area contributed by atoms with Crippen LogP contribution < -0.4 is 5.32 Å². The van der Waals surface area contributed by atoms with Gasteiger partial charge in [-0.1, -0.05) is 30.2 Å². The minimum Gasteiger partial charge on any atom is -0.348 e. The van der Waals surface area contributed by atoms with Gasteiger partial charge in [0.2, 0.25) is 0 Å². The predicted molar refractivity (Wildman–Crippen MR) is 117 cm³/mol. The SMILES string of the molecule is CC(C)n1nccc1C(=O)NC1CCN(CC2(c3ccc(Cl)cc3)CCC2)CC1. The monoisotopic (exact) mass is 414 g/mol. The van der Waals surface area contributed by atoms with Gasteiger partial charge in [-0.25, -0.2) is 0 Å². The van der Waals surface area contributed by atoms with Crippen LogP contribution in [0.5, 0.6) is 0 Å². The van der Waals surface area contributed by atoms with Crippen LogP contribution in [-0.4, -0.2) is 46.3 Å². The van der Waals surface area contributed by atoms with E-state index in [1.807, 2.05) is 26.0 Å². The minimum absolute atomic E-state index is 0.00808. The third kappa shape index (κ3) is 4.36. The molecule has 6 heteroatoms. The van der Waals surface area contributed by atoms with E-state index in [4.69, 9.17) is 11.6 Å². The molecule has 1 aromatic heterocycles. The molecule has 1 amide bonds. The summed E-state index contributed by atoms with van der Waals surface area (Å²) in [6, 6.07) is 10.7. The third-order valence-electron chi connectivity index (χ3n) is 6.61. The van der Waals surface area contributed by atoms with E-state index in [-0.39, 0.29) is 23.4 Å². The Morgan fingerprint density at radius 2 is 1.90 bits per heavy atom. The molecule has 1 aromatic carbocycles. The van der Waals surface area contributed by atoms with Crippen LogP contribution in [0.1, 0.15) is 68.0 Å². The number of aromatic nitrogens is 2. The van der Waals surface area contributed by atoms with Crippen LogP contribution in [0, 0.1) is 0 Å². The molecule has 4 rings (SSSR count). The predicted octanol–water partition coefficient (Wildman–Crippen LogP) is 4.43. The van der Waals surface area contributed by atoms with Gasteiger partial charge in [0, 0.05) is 48.4 Å². The summed E-state index contributed by atoms with van der Waals surface area (Å²) < 4.78 is 1.79. The van der Waals surface area contributed by atoms with Crippen molar-refractivity contribution < 1.29 is 4.79 Å². The summed E-state index contributed by atoms with van der Waals surface area (Å²) in [6.07, 6.45) is 7.51. The molecule has 5 nitrogen and oxygen atoms in total. The lowest BCUT2D eigenvalue weighted by Gasteiger charge is -2.47. The number of amides is 1. The van der Waals surface area contributed by atoms with Gasteiger partial charge in [0.15, 0.2) is 0 Å². The zero-order chi connectivity index (χ0) is 20.4. The van der Waals surface area contributed by atoms with Crippen molar-refractivity contribution in [3.05, 3.63) is 52.8 Å². The highest BCUT2D eigenvalue weighted by atomic mass is 35.5.